The van der Waals surface area contributed by atoms with Gasteiger partial charge in [-0.2, -0.15) is 0 Å². The fourth-order valence-electron chi connectivity index (χ4n) is 3.28. The van der Waals surface area contributed by atoms with E-state index in [1.165, 1.54) is 7.11 Å². The highest BCUT2D eigenvalue weighted by atomic mass is 35.5. The predicted octanol–water partition coefficient (Wildman–Crippen LogP) is 3.22. The normalized spacial score (nSPS) is 15.9. The van der Waals surface area contributed by atoms with Gasteiger partial charge in [0.1, 0.15) is 6.67 Å². The first-order chi connectivity index (χ1) is 13.6. The molecule has 2 N–H and O–H groups in total. The molecule has 1 atom stereocenters. The van der Waals surface area contributed by atoms with E-state index >= 15 is 0 Å². The standard InChI is InChI=1S/C21H24FN3O3.ClH/c1-28-20(26)17-7-5-15(6-8-17)13-24-21(27)25-10-9-23-14-19(25)18-4-2-3-16(11-18)12-22;/h2-8,11,19,23H,9-10,12-14H2,1H3,(H,24,27);1H. The lowest BCUT2D eigenvalue weighted by atomic mass is 10.0. The van der Waals surface area contributed by atoms with Crippen molar-refractivity contribution in [3.63, 3.8) is 0 Å². The van der Waals surface area contributed by atoms with Gasteiger partial charge in [-0.15, -0.1) is 12.4 Å². The van der Waals surface area contributed by atoms with Crippen LogP contribution in [0.15, 0.2) is 48.5 Å². The molecule has 1 aliphatic heterocycles. The number of carbonyl (C=O) groups is 2. The lowest BCUT2D eigenvalue weighted by Gasteiger charge is -2.36. The zero-order valence-electron chi connectivity index (χ0n) is 16.2. The molecule has 8 heteroatoms. The third-order valence-electron chi connectivity index (χ3n) is 4.81. The Hall–Kier alpha value is -2.64. The van der Waals surface area contributed by atoms with Gasteiger partial charge in [-0.05, 0) is 28.8 Å². The Morgan fingerprint density at radius 1 is 1.21 bits per heavy atom. The number of benzene rings is 2. The van der Waals surface area contributed by atoms with Crippen LogP contribution in [0.2, 0.25) is 0 Å². The molecule has 0 spiro atoms. The van der Waals surface area contributed by atoms with Crippen molar-refractivity contribution in [3.05, 3.63) is 70.8 Å². The second-order valence-electron chi connectivity index (χ2n) is 6.64. The molecule has 2 amide bonds. The smallest absolute Gasteiger partial charge is 0.337 e. The van der Waals surface area contributed by atoms with Gasteiger partial charge in [0.2, 0.25) is 0 Å². The van der Waals surface area contributed by atoms with Crippen LogP contribution < -0.4 is 10.6 Å². The highest BCUT2D eigenvalue weighted by Gasteiger charge is 2.27. The molecule has 0 saturated carbocycles. The molecule has 2 aromatic carbocycles. The maximum Gasteiger partial charge on any atom is 0.337 e. The van der Waals surface area contributed by atoms with Crippen LogP contribution in [-0.2, 0) is 18.0 Å². The number of hydrogen-bond acceptors (Lipinski definition) is 4. The molecule has 0 radical (unpaired) electrons. The van der Waals surface area contributed by atoms with E-state index in [9.17, 15) is 14.0 Å². The minimum atomic E-state index is -0.526. The summed E-state index contributed by atoms with van der Waals surface area (Å²) in [5.41, 5.74) is 2.87. The summed E-state index contributed by atoms with van der Waals surface area (Å²) in [6.45, 7) is 1.72. The number of ether oxygens (including phenoxy) is 1. The summed E-state index contributed by atoms with van der Waals surface area (Å²) in [5.74, 6) is -0.394. The van der Waals surface area contributed by atoms with Crippen LogP contribution in [0.1, 0.15) is 33.1 Å². The number of halogens is 2. The summed E-state index contributed by atoms with van der Waals surface area (Å²) in [4.78, 5) is 26.0. The van der Waals surface area contributed by atoms with Crippen LogP contribution in [0.3, 0.4) is 0 Å². The minimum Gasteiger partial charge on any atom is -0.465 e. The Kier molecular flexibility index (Phi) is 8.42. The Labute approximate surface area is 175 Å². The van der Waals surface area contributed by atoms with Gasteiger partial charge in [0, 0.05) is 26.2 Å². The Bertz CT molecular complexity index is 832. The first kappa shape index (κ1) is 22.6. The number of methoxy groups -OCH3 is 1. The van der Waals surface area contributed by atoms with E-state index in [0.717, 1.165) is 11.1 Å². The van der Waals surface area contributed by atoms with Gasteiger partial charge >= 0.3 is 12.0 Å². The number of rotatable bonds is 5. The molecule has 3 rings (SSSR count). The molecule has 2 aromatic rings. The van der Waals surface area contributed by atoms with Crippen molar-refractivity contribution in [1.29, 1.82) is 0 Å². The van der Waals surface area contributed by atoms with Gasteiger partial charge in [0.15, 0.2) is 0 Å². The first-order valence-electron chi connectivity index (χ1n) is 9.19. The summed E-state index contributed by atoms with van der Waals surface area (Å²) in [5, 5.41) is 6.22. The van der Waals surface area contributed by atoms with E-state index in [4.69, 9.17) is 0 Å². The average Bonchev–Trinajstić information content (AvgIpc) is 2.77. The lowest BCUT2D eigenvalue weighted by molar-refractivity contribution is 0.0600. The molecular weight excluding hydrogens is 397 g/mol. The van der Waals surface area contributed by atoms with E-state index in [-0.39, 0.29) is 24.5 Å². The number of amides is 2. The summed E-state index contributed by atoms with van der Waals surface area (Å²) < 4.78 is 17.7. The summed E-state index contributed by atoms with van der Waals surface area (Å²) in [6, 6.07) is 13.9. The fraction of sp³-hybridized carbons (Fsp3) is 0.333. The van der Waals surface area contributed by atoms with Gasteiger partial charge in [-0.25, -0.2) is 14.0 Å². The average molecular weight is 422 g/mol. The number of piperazine rings is 1. The third kappa shape index (κ3) is 5.68. The molecular formula is C21H25ClFN3O3. The summed E-state index contributed by atoms with van der Waals surface area (Å²) >= 11 is 0. The second-order valence-corrected chi connectivity index (χ2v) is 6.64. The van der Waals surface area contributed by atoms with Crippen molar-refractivity contribution >= 4 is 24.4 Å². The molecule has 1 heterocycles. The number of nitrogens with zero attached hydrogens (tertiary/aromatic N) is 1. The van der Waals surface area contributed by atoms with E-state index in [1.54, 1.807) is 35.2 Å². The maximum absolute atomic E-state index is 13.0. The van der Waals surface area contributed by atoms with Crippen molar-refractivity contribution in [2.24, 2.45) is 0 Å². The zero-order valence-corrected chi connectivity index (χ0v) is 17.0. The van der Waals surface area contributed by atoms with Gasteiger partial charge < -0.3 is 20.3 Å². The summed E-state index contributed by atoms with van der Waals surface area (Å²) in [6.07, 6.45) is 0. The van der Waals surface area contributed by atoms with Crippen molar-refractivity contribution < 1.29 is 18.7 Å². The Morgan fingerprint density at radius 2 is 1.97 bits per heavy atom. The molecule has 0 bridgehead atoms. The Morgan fingerprint density at radius 3 is 2.66 bits per heavy atom. The fourth-order valence-corrected chi connectivity index (χ4v) is 3.28. The molecule has 1 aliphatic rings. The van der Waals surface area contributed by atoms with Crippen molar-refractivity contribution in [3.8, 4) is 0 Å². The zero-order chi connectivity index (χ0) is 19.9. The number of hydrogen-bond donors (Lipinski definition) is 2. The quantitative estimate of drug-likeness (QED) is 0.727. The molecule has 29 heavy (non-hydrogen) atoms. The molecule has 0 aromatic heterocycles. The van der Waals surface area contributed by atoms with Gasteiger partial charge in [0.05, 0.1) is 18.7 Å². The molecule has 1 saturated heterocycles. The number of carbonyl (C=O) groups excluding carboxylic acids is 2. The van der Waals surface area contributed by atoms with E-state index in [1.807, 2.05) is 18.2 Å². The van der Waals surface area contributed by atoms with Crippen molar-refractivity contribution in [2.45, 2.75) is 19.3 Å². The number of urea groups is 1. The number of nitrogens with one attached hydrogen (secondary N) is 2. The van der Waals surface area contributed by atoms with E-state index in [0.29, 0.717) is 37.3 Å². The van der Waals surface area contributed by atoms with Crippen LogP contribution in [0.5, 0.6) is 0 Å². The van der Waals surface area contributed by atoms with Crippen LogP contribution in [-0.4, -0.2) is 43.6 Å². The lowest BCUT2D eigenvalue weighted by Crippen LogP contribution is -2.51. The number of alkyl halides is 1. The van der Waals surface area contributed by atoms with Gasteiger partial charge in [-0.1, -0.05) is 36.4 Å². The Balaban J connectivity index is 0.00000300. The van der Waals surface area contributed by atoms with Crippen molar-refractivity contribution in [2.75, 3.05) is 26.7 Å². The molecule has 1 fully saturated rings. The third-order valence-corrected chi connectivity index (χ3v) is 4.81. The highest BCUT2D eigenvalue weighted by molar-refractivity contribution is 5.89. The van der Waals surface area contributed by atoms with Crippen LogP contribution >= 0.6 is 12.4 Å². The van der Waals surface area contributed by atoms with Crippen molar-refractivity contribution in [1.82, 2.24) is 15.5 Å². The monoisotopic (exact) mass is 421 g/mol. The molecule has 1 unspecified atom stereocenters. The van der Waals surface area contributed by atoms with Gasteiger partial charge in [-0.3, -0.25) is 0 Å². The van der Waals surface area contributed by atoms with Gasteiger partial charge in [0.25, 0.3) is 0 Å². The van der Waals surface area contributed by atoms with E-state index in [2.05, 4.69) is 15.4 Å². The predicted molar refractivity (Wildman–Crippen MR) is 111 cm³/mol. The molecule has 156 valence electrons. The van der Waals surface area contributed by atoms with Crippen LogP contribution in [0.4, 0.5) is 9.18 Å². The minimum absolute atomic E-state index is 0. The van der Waals surface area contributed by atoms with Crippen LogP contribution in [0.25, 0.3) is 0 Å². The molecule has 0 aliphatic carbocycles. The topological polar surface area (TPSA) is 70.7 Å². The maximum atomic E-state index is 13.0. The molecule has 6 nitrogen and oxygen atoms in total. The SMILES string of the molecule is COC(=O)c1ccc(CNC(=O)N2CCNCC2c2cccc(CF)c2)cc1.Cl. The van der Waals surface area contributed by atoms with E-state index < -0.39 is 12.6 Å². The number of esters is 1. The largest absolute Gasteiger partial charge is 0.465 e. The second kappa shape index (κ2) is 10.8. The summed E-state index contributed by atoms with van der Waals surface area (Å²) in [7, 11) is 1.34. The first-order valence-corrected chi connectivity index (χ1v) is 9.19. The highest BCUT2D eigenvalue weighted by Crippen LogP contribution is 2.23. The van der Waals surface area contributed by atoms with Crippen LogP contribution in [0, 0.1) is 0 Å².